The number of benzene rings is 1. The SMILES string of the molecule is CNC(=O)c1ccc(C)c(NC2CCSC2C)c1. The van der Waals surface area contributed by atoms with Gasteiger partial charge in [0.15, 0.2) is 0 Å². The predicted molar refractivity (Wildman–Crippen MR) is 78.5 cm³/mol. The fourth-order valence-electron chi connectivity index (χ4n) is 2.18. The van der Waals surface area contributed by atoms with Gasteiger partial charge in [0.2, 0.25) is 0 Å². The molecule has 4 heteroatoms. The third kappa shape index (κ3) is 2.80. The highest BCUT2D eigenvalue weighted by Crippen LogP contribution is 2.30. The maximum atomic E-state index is 11.6. The Morgan fingerprint density at radius 3 is 2.83 bits per heavy atom. The van der Waals surface area contributed by atoms with Crippen LogP contribution in [0.3, 0.4) is 0 Å². The van der Waals surface area contributed by atoms with Crippen LogP contribution in [0.25, 0.3) is 0 Å². The highest BCUT2D eigenvalue weighted by atomic mass is 32.2. The molecule has 98 valence electrons. The van der Waals surface area contributed by atoms with Gasteiger partial charge in [-0.1, -0.05) is 13.0 Å². The zero-order valence-electron chi connectivity index (χ0n) is 11.1. The van der Waals surface area contributed by atoms with Crippen LogP contribution < -0.4 is 10.6 Å². The van der Waals surface area contributed by atoms with Gasteiger partial charge in [-0.3, -0.25) is 4.79 Å². The number of carbonyl (C=O) groups is 1. The third-order valence-corrected chi connectivity index (χ3v) is 4.77. The molecule has 1 aliphatic rings. The molecule has 0 aromatic heterocycles. The molecule has 3 nitrogen and oxygen atoms in total. The lowest BCUT2D eigenvalue weighted by Gasteiger charge is -2.20. The molecule has 1 fully saturated rings. The number of carbonyl (C=O) groups excluding carboxylic acids is 1. The fourth-order valence-corrected chi connectivity index (χ4v) is 3.38. The van der Waals surface area contributed by atoms with E-state index in [0.717, 1.165) is 5.69 Å². The summed E-state index contributed by atoms with van der Waals surface area (Å²) in [5.41, 5.74) is 2.98. The van der Waals surface area contributed by atoms with Gasteiger partial charge < -0.3 is 10.6 Å². The number of rotatable bonds is 3. The first-order chi connectivity index (χ1) is 8.61. The van der Waals surface area contributed by atoms with Crippen LogP contribution in [0.5, 0.6) is 0 Å². The van der Waals surface area contributed by atoms with Crippen molar-refractivity contribution in [1.82, 2.24) is 5.32 Å². The van der Waals surface area contributed by atoms with Crippen LogP contribution in [0, 0.1) is 6.92 Å². The maximum Gasteiger partial charge on any atom is 0.251 e. The minimum absolute atomic E-state index is 0.0353. The smallest absolute Gasteiger partial charge is 0.251 e. The van der Waals surface area contributed by atoms with Gasteiger partial charge >= 0.3 is 0 Å². The Hall–Kier alpha value is -1.16. The van der Waals surface area contributed by atoms with Gasteiger partial charge in [-0.05, 0) is 36.8 Å². The van der Waals surface area contributed by atoms with E-state index >= 15 is 0 Å². The van der Waals surface area contributed by atoms with Crippen LogP contribution in [0.4, 0.5) is 5.69 Å². The Kier molecular flexibility index (Phi) is 4.17. The van der Waals surface area contributed by atoms with E-state index in [9.17, 15) is 4.79 Å². The number of nitrogens with one attached hydrogen (secondary N) is 2. The molecule has 2 rings (SSSR count). The molecule has 0 saturated carbocycles. The van der Waals surface area contributed by atoms with Crippen molar-refractivity contribution >= 4 is 23.4 Å². The number of hydrogen-bond donors (Lipinski definition) is 2. The molecule has 0 spiro atoms. The number of hydrogen-bond acceptors (Lipinski definition) is 3. The summed E-state index contributed by atoms with van der Waals surface area (Å²) in [7, 11) is 1.66. The predicted octanol–water partition coefficient (Wildman–Crippen LogP) is 2.66. The Morgan fingerprint density at radius 1 is 1.44 bits per heavy atom. The summed E-state index contributed by atoms with van der Waals surface area (Å²) in [6, 6.07) is 6.32. The van der Waals surface area contributed by atoms with E-state index in [1.807, 2.05) is 30.0 Å². The maximum absolute atomic E-state index is 11.6. The highest BCUT2D eigenvalue weighted by molar-refractivity contribution is 8.00. The van der Waals surface area contributed by atoms with E-state index in [4.69, 9.17) is 0 Å². The fraction of sp³-hybridized carbons (Fsp3) is 0.500. The number of anilines is 1. The van der Waals surface area contributed by atoms with Crippen molar-refractivity contribution in [2.45, 2.75) is 31.6 Å². The lowest BCUT2D eigenvalue weighted by molar-refractivity contribution is 0.0963. The van der Waals surface area contributed by atoms with Crippen LogP contribution in [0.1, 0.15) is 29.3 Å². The summed E-state index contributed by atoms with van der Waals surface area (Å²) in [6.45, 7) is 4.33. The van der Waals surface area contributed by atoms with Crippen LogP contribution in [-0.2, 0) is 0 Å². The summed E-state index contributed by atoms with van der Waals surface area (Å²) in [5.74, 6) is 1.18. The van der Waals surface area contributed by atoms with Crippen molar-refractivity contribution in [2.75, 3.05) is 18.1 Å². The monoisotopic (exact) mass is 264 g/mol. The average Bonchev–Trinajstić information content (AvgIpc) is 2.77. The number of thioether (sulfide) groups is 1. The van der Waals surface area contributed by atoms with E-state index in [-0.39, 0.29) is 5.91 Å². The summed E-state index contributed by atoms with van der Waals surface area (Å²) in [4.78, 5) is 11.6. The standard InChI is InChI=1S/C14H20N2OS/c1-9-4-5-11(14(17)15-3)8-13(9)16-12-6-7-18-10(12)2/h4-5,8,10,12,16H,6-7H2,1-3H3,(H,15,17). The topological polar surface area (TPSA) is 41.1 Å². The van der Waals surface area contributed by atoms with Gasteiger partial charge in [-0.25, -0.2) is 0 Å². The first kappa shape index (κ1) is 13.3. The quantitative estimate of drug-likeness (QED) is 0.882. The van der Waals surface area contributed by atoms with Gasteiger partial charge in [0.1, 0.15) is 0 Å². The largest absolute Gasteiger partial charge is 0.381 e. The Balaban J connectivity index is 2.18. The lowest BCUT2D eigenvalue weighted by Crippen LogP contribution is -2.25. The summed E-state index contributed by atoms with van der Waals surface area (Å²) in [6.07, 6.45) is 1.19. The molecule has 0 aliphatic carbocycles. The summed E-state index contributed by atoms with van der Waals surface area (Å²) >= 11 is 2.00. The molecular formula is C14H20N2OS. The van der Waals surface area contributed by atoms with Gasteiger partial charge in [-0.15, -0.1) is 0 Å². The van der Waals surface area contributed by atoms with Gasteiger partial charge in [-0.2, -0.15) is 11.8 Å². The zero-order chi connectivity index (χ0) is 13.1. The molecule has 1 aromatic rings. The molecule has 1 heterocycles. The van der Waals surface area contributed by atoms with Crippen molar-refractivity contribution < 1.29 is 4.79 Å². The minimum atomic E-state index is -0.0353. The first-order valence-corrected chi connectivity index (χ1v) is 7.37. The van der Waals surface area contributed by atoms with Gasteiger partial charge in [0.25, 0.3) is 5.91 Å². The van der Waals surface area contributed by atoms with Crippen LogP contribution in [0.2, 0.25) is 0 Å². The van der Waals surface area contributed by atoms with E-state index < -0.39 is 0 Å². The second-order valence-electron chi connectivity index (χ2n) is 4.72. The number of aryl methyl sites for hydroxylation is 1. The zero-order valence-corrected chi connectivity index (χ0v) is 11.9. The van der Waals surface area contributed by atoms with Crippen molar-refractivity contribution in [2.24, 2.45) is 0 Å². The Morgan fingerprint density at radius 2 is 2.22 bits per heavy atom. The third-order valence-electron chi connectivity index (χ3n) is 3.44. The number of amides is 1. The molecule has 2 atom stereocenters. The molecule has 1 amide bonds. The summed E-state index contributed by atoms with van der Waals surface area (Å²) < 4.78 is 0. The van der Waals surface area contributed by atoms with Crippen molar-refractivity contribution in [3.8, 4) is 0 Å². The second-order valence-corrected chi connectivity index (χ2v) is 6.21. The molecule has 0 bridgehead atoms. The molecule has 0 radical (unpaired) electrons. The van der Waals surface area contributed by atoms with E-state index in [1.165, 1.54) is 17.7 Å². The first-order valence-electron chi connectivity index (χ1n) is 6.32. The molecule has 2 N–H and O–H groups in total. The normalized spacial score (nSPS) is 22.8. The van der Waals surface area contributed by atoms with Crippen molar-refractivity contribution in [3.63, 3.8) is 0 Å². The highest BCUT2D eigenvalue weighted by Gasteiger charge is 2.24. The van der Waals surface area contributed by atoms with Gasteiger partial charge in [0, 0.05) is 29.6 Å². The van der Waals surface area contributed by atoms with E-state index in [0.29, 0.717) is 16.9 Å². The van der Waals surface area contributed by atoms with Crippen molar-refractivity contribution in [1.29, 1.82) is 0 Å². The van der Waals surface area contributed by atoms with E-state index in [2.05, 4.69) is 24.5 Å². The molecule has 1 aromatic carbocycles. The van der Waals surface area contributed by atoms with E-state index in [1.54, 1.807) is 7.05 Å². The van der Waals surface area contributed by atoms with Crippen LogP contribution >= 0.6 is 11.8 Å². The van der Waals surface area contributed by atoms with Crippen molar-refractivity contribution in [3.05, 3.63) is 29.3 Å². The van der Waals surface area contributed by atoms with Crippen LogP contribution in [0.15, 0.2) is 18.2 Å². The Labute approximate surface area is 113 Å². The lowest BCUT2D eigenvalue weighted by atomic mass is 10.1. The van der Waals surface area contributed by atoms with Gasteiger partial charge in [0.05, 0.1) is 0 Å². The average molecular weight is 264 g/mol. The molecular weight excluding hydrogens is 244 g/mol. The molecule has 2 unspecified atom stereocenters. The molecule has 1 saturated heterocycles. The molecule has 1 aliphatic heterocycles. The minimum Gasteiger partial charge on any atom is -0.381 e. The Bertz CT molecular complexity index is 447. The molecule has 18 heavy (non-hydrogen) atoms. The van der Waals surface area contributed by atoms with Crippen LogP contribution in [-0.4, -0.2) is 30.0 Å². The summed E-state index contributed by atoms with van der Waals surface area (Å²) in [5, 5.41) is 6.87. The second kappa shape index (κ2) is 5.65.